The first-order valence-corrected chi connectivity index (χ1v) is 7.33. The van der Waals surface area contributed by atoms with Crippen LogP contribution in [0.4, 0.5) is 18.9 Å². The van der Waals surface area contributed by atoms with Gasteiger partial charge in [0.1, 0.15) is 5.82 Å². The van der Waals surface area contributed by atoms with E-state index < -0.39 is 29.5 Å². The van der Waals surface area contributed by atoms with Crippen molar-refractivity contribution in [3.63, 3.8) is 0 Å². The van der Waals surface area contributed by atoms with Gasteiger partial charge in [0.15, 0.2) is 0 Å². The zero-order chi connectivity index (χ0) is 16.9. The van der Waals surface area contributed by atoms with Crippen LogP contribution in [-0.4, -0.2) is 15.6 Å². The van der Waals surface area contributed by atoms with Gasteiger partial charge >= 0.3 is 5.69 Å². The summed E-state index contributed by atoms with van der Waals surface area (Å²) in [6.45, 7) is 1.34. The first kappa shape index (κ1) is 15.6. The Labute approximate surface area is 129 Å². The number of nitrogens with zero attached hydrogens (tertiary/aromatic N) is 2. The van der Waals surface area contributed by atoms with E-state index in [1.807, 2.05) is 0 Å². The quantitative estimate of drug-likeness (QED) is 0.875. The first-order chi connectivity index (χ1) is 10.8. The van der Waals surface area contributed by atoms with Gasteiger partial charge in [-0.3, -0.25) is 13.9 Å². The maximum Gasteiger partial charge on any atom is 0.331 e. The molecule has 1 fully saturated rings. The fourth-order valence-electron chi connectivity index (χ4n) is 2.64. The predicted octanol–water partition coefficient (Wildman–Crippen LogP) is 2.12. The van der Waals surface area contributed by atoms with Gasteiger partial charge in [-0.15, -0.1) is 0 Å². The molecule has 0 saturated heterocycles. The molecule has 5 nitrogen and oxygen atoms in total. The van der Waals surface area contributed by atoms with Gasteiger partial charge in [-0.2, -0.15) is 0 Å². The number of alkyl halides is 2. The lowest BCUT2D eigenvalue weighted by Crippen LogP contribution is -2.42. The third-order valence-corrected chi connectivity index (χ3v) is 4.20. The molecule has 1 aliphatic rings. The van der Waals surface area contributed by atoms with E-state index >= 15 is 0 Å². The Morgan fingerprint density at radius 1 is 1.30 bits per heavy atom. The molecule has 1 aromatic heterocycles. The fourth-order valence-corrected chi connectivity index (χ4v) is 2.64. The lowest BCUT2D eigenvalue weighted by atomic mass is 10.2. The summed E-state index contributed by atoms with van der Waals surface area (Å²) >= 11 is 0. The molecule has 23 heavy (non-hydrogen) atoms. The van der Waals surface area contributed by atoms with E-state index in [2.05, 4.69) is 0 Å². The van der Waals surface area contributed by atoms with E-state index in [0.717, 1.165) is 41.0 Å². The number of anilines is 1. The van der Waals surface area contributed by atoms with Crippen molar-refractivity contribution in [2.45, 2.75) is 38.8 Å². The van der Waals surface area contributed by atoms with Crippen LogP contribution >= 0.6 is 0 Å². The maximum atomic E-state index is 13.7. The minimum absolute atomic E-state index is 0.0309. The van der Waals surface area contributed by atoms with Crippen LogP contribution in [0, 0.1) is 11.7 Å². The van der Waals surface area contributed by atoms with Gasteiger partial charge in [0.25, 0.3) is 12.0 Å². The summed E-state index contributed by atoms with van der Waals surface area (Å²) in [6.07, 6.45) is -1.05. The van der Waals surface area contributed by atoms with Crippen LogP contribution in [0.1, 0.15) is 25.8 Å². The highest BCUT2D eigenvalue weighted by atomic mass is 19.3. The van der Waals surface area contributed by atoms with Gasteiger partial charge in [0.2, 0.25) is 0 Å². The molecule has 1 atom stereocenters. The molecular formula is C15H16F3N3O2. The lowest BCUT2D eigenvalue weighted by molar-refractivity contribution is 0.0904. The number of hydrogen-bond donors (Lipinski definition) is 1. The van der Waals surface area contributed by atoms with Crippen LogP contribution in [-0.2, 0) is 6.54 Å². The summed E-state index contributed by atoms with van der Waals surface area (Å²) in [5, 5.41) is -0.0309. The largest absolute Gasteiger partial charge is 0.396 e. The van der Waals surface area contributed by atoms with Crippen molar-refractivity contribution in [2.24, 2.45) is 5.92 Å². The number of benzene rings is 1. The van der Waals surface area contributed by atoms with Crippen molar-refractivity contribution < 1.29 is 13.2 Å². The third-order valence-electron chi connectivity index (χ3n) is 4.20. The Hall–Kier alpha value is -2.25. The molecule has 1 aromatic carbocycles. The van der Waals surface area contributed by atoms with E-state index in [1.54, 1.807) is 0 Å². The number of aromatic nitrogens is 2. The molecule has 0 aliphatic heterocycles. The molecule has 1 saturated carbocycles. The standard InChI is InChI=1S/C15H16F3N3O2/c1-7(13(17)18)21-12-5-10(16)11(19)4-9(12)14(22)20(15(21)23)6-8-2-3-8/h4-5,7-8,13H,2-3,6,19H2,1H3. The summed E-state index contributed by atoms with van der Waals surface area (Å²) in [7, 11) is 0. The van der Waals surface area contributed by atoms with Crippen molar-refractivity contribution in [1.82, 2.24) is 9.13 Å². The number of nitrogen functional groups attached to an aromatic ring is 1. The molecule has 2 aromatic rings. The van der Waals surface area contributed by atoms with Gasteiger partial charge < -0.3 is 5.73 Å². The summed E-state index contributed by atoms with van der Waals surface area (Å²) < 4.78 is 41.8. The predicted molar refractivity (Wildman–Crippen MR) is 80.3 cm³/mol. The van der Waals surface area contributed by atoms with Gasteiger partial charge in [-0.25, -0.2) is 18.0 Å². The molecule has 1 heterocycles. The van der Waals surface area contributed by atoms with E-state index in [9.17, 15) is 22.8 Å². The van der Waals surface area contributed by atoms with Crippen molar-refractivity contribution in [2.75, 3.05) is 5.73 Å². The van der Waals surface area contributed by atoms with Crippen LogP contribution in [0.15, 0.2) is 21.7 Å². The molecule has 3 rings (SSSR count). The minimum Gasteiger partial charge on any atom is -0.396 e. The van der Waals surface area contributed by atoms with Crippen molar-refractivity contribution in [1.29, 1.82) is 0 Å². The molecule has 0 bridgehead atoms. The fraction of sp³-hybridized carbons (Fsp3) is 0.467. The van der Waals surface area contributed by atoms with Crippen molar-refractivity contribution in [3.8, 4) is 0 Å². The van der Waals surface area contributed by atoms with Gasteiger partial charge in [-0.05, 0) is 31.7 Å². The number of nitrogens with two attached hydrogens (primary N) is 1. The Morgan fingerprint density at radius 2 is 1.96 bits per heavy atom. The average Bonchev–Trinajstić information content (AvgIpc) is 3.30. The molecule has 124 valence electrons. The monoisotopic (exact) mass is 327 g/mol. The Morgan fingerprint density at radius 3 is 2.52 bits per heavy atom. The Bertz CT molecular complexity index is 884. The summed E-state index contributed by atoms with van der Waals surface area (Å²) in [5.74, 6) is -0.655. The topological polar surface area (TPSA) is 70.0 Å². The number of fused-ring (bicyclic) bond motifs is 1. The molecule has 0 radical (unpaired) electrons. The molecule has 1 aliphatic carbocycles. The second kappa shape index (κ2) is 5.43. The Balaban J connectivity index is 2.39. The van der Waals surface area contributed by atoms with Crippen molar-refractivity contribution >= 4 is 16.6 Å². The van der Waals surface area contributed by atoms with E-state index in [4.69, 9.17) is 5.73 Å². The molecule has 8 heteroatoms. The zero-order valence-corrected chi connectivity index (χ0v) is 12.4. The highest BCUT2D eigenvalue weighted by Crippen LogP contribution is 2.30. The third kappa shape index (κ3) is 2.62. The highest BCUT2D eigenvalue weighted by Gasteiger charge is 2.27. The normalized spacial score (nSPS) is 16.2. The first-order valence-electron chi connectivity index (χ1n) is 7.33. The van der Waals surface area contributed by atoms with E-state index in [0.29, 0.717) is 0 Å². The van der Waals surface area contributed by atoms with Crippen LogP contribution < -0.4 is 17.0 Å². The average molecular weight is 327 g/mol. The number of rotatable bonds is 4. The second-order valence-corrected chi connectivity index (χ2v) is 5.98. The van der Waals surface area contributed by atoms with Gasteiger partial charge in [-0.1, -0.05) is 0 Å². The summed E-state index contributed by atoms with van der Waals surface area (Å²) in [5.41, 5.74) is 3.60. The van der Waals surface area contributed by atoms with E-state index in [1.165, 1.54) is 0 Å². The SMILES string of the molecule is CC(C(F)F)n1c(=O)n(CC2CC2)c(=O)c2cc(N)c(F)cc21. The number of halogens is 3. The molecule has 0 amide bonds. The van der Waals surface area contributed by atoms with E-state index in [-0.39, 0.29) is 29.1 Å². The van der Waals surface area contributed by atoms with Gasteiger partial charge in [0.05, 0.1) is 22.6 Å². The lowest BCUT2D eigenvalue weighted by Gasteiger charge is -2.19. The molecular weight excluding hydrogens is 311 g/mol. The molecule has 2 N–H and O–H groups in total. The zero-order valence-electron chi connectivity index (χ0n) is 12.4. The Kier molecular flexibility index (Phi) is 3.69. The van der Waals surface area contributed by atoms with Crippen LogP contribution in [0.2, 0.25) is 0 Å². The molecule has 0 spiro atoms. The summed E-state index contributed by atoms with van der Waals surface area (Å²) in [6, 6.07) is 0.484. The smallest absolute Gasteiger partial charge is 0.331 e. The van der Waals surface area contributed by atoms with Crippen molar-refractivity contribution in [3.05, 3.63) is 38.8 Å². The van der Waals surface area contributed by atoms with Gasteiger partial charge in [0, 0.05) is 12.6 Å². The second-order valence-electron chi connectivity index (χ2n) is 5.98. The maximum absolute atomic E-state index is 13.7. The van der Waals surface area contributed by atoms with Crippen LogP contribution in [0.25, 0.3) is 10.9 Å². The highest BCUT2D eigenvalue weighted by molar-refractivity contribution is 5.82. The molecule has 1 unspecified atom stereocenters. The van der Waals surface area contributed by atoms with Crippen LogP contribution in [0.3, 0.4) is 0 Å². The van der Waals surface area contributed by atoms with Crippen LogP contribution in [0.5, 0.6) is 0 Å². The summed E-state index contributed by atoms with van der Waals surface area (Å²) in [4.78, 5) is 25.1. The minimum atomic E-state index is -2.83. The number of hydrogen-bond acceptors (Lipinski definition) is 3.